The van der Waals surface area contributed by atoms with E-state index in [1.165, 1.54) is 6.07 Å². The van der Waals surface area contributed by atoms with Crippen molar-refractivity contribution in [1.82, 2.24) is 0 Å². The number of halogens is 2. The first-order chi connectivity index (χ1) is 8.81. The quantitative estimate of drug-likeness (QED) is 0.613. The molecule has 1 unspecified atom stereocenters. The van der Waals surface area contributed by atoms with E-state index in [9.17, 15) is 14.5 Å². The Morgan fingerprint density at radius 2 is 2.00 bits per heavy atom. The maximum atomic E-state index is 13.2. The predicted molar refractivity (Wildman–Crippen MR) is 75.2 cm³/mol. The van der Waals surface area contributed by atoms with Crippen molar-refractivity contribution < 1.29 is 9.31 Å². The largest absolute Gasteiger partial charge is 0.377 e. The fourth-order valence-electron chi connectivity index (χ4n) is 1.72. The molecule has 6 heteroatoms. The second kappa shape index (κ2) is 6.70. The SMILES string of the molecule is CC(C)CCC(C)Nc1cc(Cl)c(F)cc1[N+](=O)[O-]. The summed E-state index contributed by atoms with van der Waals surface area (Å²) in [4.78, 5) is 10.3. The standard InChI is InChI=1S/C13H18ClFN2O2/c1-8(2)4-5-9(3)16-12-6-10(14)11(15)7-13(12)17(18)19/h6-9,16H,4-5H2,1-3H3. The van der Waals surface area contributed by atoms with Crippen LogP contribution in [0.4, 0.5) is 15.8 Å². The molecule has 0 aromatic heterocycles. The Morgan fingerprint density at radius 3 is 2.53 bits per heavy atom. The molecule has 19 heavy (non-hydrogen) atoms. The lowest BCUT2D eigenvalue weighted by atomic mass is 10.0. The highest BCUT2D eigenvalue weighted by molar-refractivity contribution is 6.31. The molecule has 1 aromatic rings. The van der Waals surface area contributed by atoms with Gasteiger partial charge in [-0.1, -0.05) is 25.4 Å². The summed E-state index contributed by atoms with van der Waals surface area (Å²) in [5.74, 6) is -0.218. The fraction of sp³-hybridized carbons (Fsp3) is 0.538. The first-order valence-corrected chi connectivity index (χ1v) is 6.59. The molecule has 106 valence electrons. The molecule has 0 saturated heterocycles. The summed E-state index contributed by atoms with van der Waals surface area (Å²) in [6, 6.07) is 2.17. The molecule has 4 nitrogen and oxygen atoms in total. The van der Waals surface area contributed by atoms with Gasteiger partial charge in [-0.15, -0.1) is 0 Å². The van der Waals surface area contributed by atoms with Crippen LogP contribution >= 0.6 is 11.6 Å². The molecule has 0 heterocycles. The molecule has 1 aromatic carbocycles. The topological polar surface area (TPSA) is 55.2 Å². The van der Waals surface area contributed by atoms with Gasteiger partial charge in [0, 0.05) is 6.04 Å². The van der Waals surface area contributed by atoms with E-state index in [0.29, 0.717) is 5.92 Å². The molecule has 0 saturated carbocycles. The number of benzene rings is 1. The minimum atomic E-state index is -0.784. The van der Waals surface area contributed by atoms with Crippen LogP contribution in [0.5, 0.6) is 0 Å². The Hall–Kier alpha value is -1.36. The molecule has 0 fully saturated rings. The highest BCUT2D eigenvalue weighted by atomic mass is 35.5. The third kappa shape index (κ3) is 4.67. The number of nitrogens with one attached hydrogen (secondary N) is 1. The number of rotatable bonds is 6. The van der Waals surface area contributed by atoms with Gasteiger partial charge in [0.25, 0.3) is 5.69 Å². The van der Waals surface area contributed by atoms with Crippen LogP contribution in [0.25, 0.3) is 0 Å². The number of hydrogen-bond donors (Lipinski definition) is 1. The number of nitrogens with zero attached hydrogens (tertiary/aromatic N) is 1. The summed E-state index contributed by atoms with van der Waals surface area (Å²) in [5.41, 5.74) is -0.0362. The second-order valence-electron chi connectivity index (χ2n) is 5.06. The van der Waals surface area contributed by atoms with Gasteiger partial charge in [-0.2, -0.15) is 0 Å². The Bertz CT molecular complexity index is 466. The average molecular weight is 289 g/mol. The molecule has 1 rings (SSSR count). The highest BCUT2D eigenvalue weighted by Crippen LogP contribution is 2.31. The highest BCUT2D eigenvalue weighted by Gasteiger charge is 2.19. The Balaban J connectivity index is 2.87. The second-order valence-corrected chi connectivity index (χ2v) is 5.46. The molecule has 1 atom stereocenters. The third-order valence-corrected chi connectivity index (χ3v) is 3.10. The molecular formula is C13H18ClFN2O2. The van der Waals surface area contributed by atoms with Gasteiger partial charge in [0.15, 0.2) is 0 Å². The van der Waals surface area contributed by atoms with E-state index in [4.69, 9.17) is 11.6 Å². The van der Waals surface area contributed by atoms with Crippen LogP contribution < -0.4 is 5.32 Å². The van der Waals surface area contributed by atoms with Crippen molar-refractivity contribution in [3.63, 3.8) is 0 Å². The van der Waals surface area contributed by atoms with Crippen molar-refractivity contribution in [2.75, 3.05) is 5.32 Å². The third-order valence-electron chi connectivity index (χ3n) is 2.81. The van der Waals surface area contributed by atoms with Crippen molar-refractivity contribution >= 4 is 23.0 Å². The van der Waals surface area contributed by atoms with E-state index in [-0.39, 0.29) is 22.4 Å². The zero-order valence-corrected chi connectivity index (χ0v) is 12.0. The Morgan fingerprint density at radius 1 is 1.37 bits per heavy atom. The van der Waals surface area contributed by atoms with Crippen LogP contribution in [0.1, 0.15) is 33.6 Å². The van der Waals surface area contributed by atoms with Gasteiger partial charge in [0.2, 0.25) is 0 Å². The molecule has 0 bridgehead atoms. The van der Waals surface area contributed by atoms with Gasteiger partial charge in [-0.3, -0.25) is 10.1 Å². The zero-order chi connectivity index (χ0) is 14.6. The lowest BCUT2D eigenvalue weighted by molar-refractivity contribution is -0.384. The normalized spacial score (nSPS) is 12.5. The predicted octanol–water partition coefficient (Wildman–Crippen LogP) is 4.62. The summed E-state index contributed by atoms with van der Waals surface area (Å²) >= 11 is 5.66. The number of nitro groups is 1. The Kier molecular flexibility index (Phi) is 5.54. The molecule has 0 radical (unpaired) electrons. The van der Waals surface area contributed by atoms with Gasteiger partial charge in [0.05, 0.1) is 16.0 Å². The maximum Gasteiger partial charge on any atom is 0.295 e. The molecule has 1 N–H and O–H groups in total. The van der Waals surface area contributed by atoms with Crippen LogP contribution in [-0.2, 0) is 0 Å². The summed E-state index contributed by atoms with van der Waals surface area (Å²) < 4.78 is 13.2. The molecule has 0 aliphatic rings. The molecule has 0 spiro atoms. The van der Waals surface area contributed by atoms with Crippen LogP contribution in [0.3, 0.4) is 0 Å². The van der Waals surface area contributed by atoms with E-state index in [0.717, 1.165) is 18.9 Å². The van der Waals surface area contributed by atoms with Crippen molar-refractivity contribution in [3.05, 3.63) is 33.1 Å². The smallest absolute Gasteiger partial charge is 0.295 e. The van der Waals surface area contributed by atoms with Crippen LogP contribution in [-0.4, -0.2) is 11.0 Å². The molecular weight excluding hydrogens is 271 g/mol. The number of hydrogen-bond acceptors (Lipinski definition) is 3. The van der Waals surface area contributed by atoms with Crippen molar-refractivity contribution in [2.45, 2.75) is 39.7 Å². The van der Waals surface area contributed by atoms with Crippen LogP contribution in [0.15, 0.2) is 12.1 Å². The lowest BCUT2D eigenvalue weighted by Crippen LogP contribution is -2.17. The van der Waals surface area contributed by atoms with E-state index in [1.54, 1.807) is 0 Å². The number of nitro benzene ring substituents is 1. The summed E-state index contributed by atoms with van der Waals surface area (Å²) in [5, 5.41) is 13.8. The van der Waals surface area contributed by atoms with Crippen molar-refractivity contribution in [2.24, 2.45) is 5.92 Å². The van der Waals surface area contributed by atoms with E-state index in [2.05, 4.69) is 19.2 Å². The van der Waals surface area contributed by atoms with Gasteiger partial charge in [-0.05, 0) is 31.7 Å². The summed E-state index contributed by atoms with van der Waals surface area (Å²) in [6.45, 7) is 6.16. The number of anilines is 1. The summed E-state index contributed by atoms with van der Waals surface area (Å²) in [7, 11) is 0. The molecule has 0 aliphatic carbocycles. The van der Waals surface area contributed by atoms with Gasteiger partial charge >= 0.3 is 0 Å². The van der Waals surface area contributed by atoms with Gasteiger partial charge in [0.1, 0.15) is 11.5 Å². The molecule has 0 aliphatic heterocycles. The van der Waals surface area contributed by atoms with Crippen LogP contribution in [0, 0.1) is 21.8 Å². The fourth-order valence-corrected chi connectivity index (χ4v) is 1.89. The van der Waals surface area contributed by atoms with E-state index in [1.807, 2.05) is 6.92 Å². The average Bonchev–Trinajstić information content (AvgIpc) is 2.30. The van der Waals surface area contributed by atoms with Gasteiger partial charge in [-0.25, -0.2) is 4.39 Å². The van der Waals surface area contributed by atoms with Crippen LogP contribution in [0.2, 0.25) is 5.02 Å². The lowest BCUT2D eigenvalue weighted by Gasteiger charge is -2.16. The molecule has 0 amide bonds. The van der Waals surface area contributed by atoms with Gasteiger partial charge < -0.3 is 5.32 Å². The Labute approximate surface area is 117 Å². The minimum Gasteiger partial charge on any atom is -0.377 e. The van der Waals surface area contributed by atoms with Crippen molar-refractivity contribution in [1.29, 1.82) is 0 Å². The minimum absolute atomic E-state index is 0.0580. The zero-order valence-electron chi connectivity index (χ0n) is 11.2. The van der Waals surface area contributed by atoms with E-state index < -0.39 is 10.7 Å². The first-order valence-electron chi connectivity index (χ1n) is 6.21. The van der Waals surface area contributed by atoms with Crippen molar-refractivity contribution in [3.8, 4) is 0 Å². The monoisotopic (exact) mass is 288 g/mol. The first kappa shape index (κ1) is 15.7. The maximum absolute atomic E-state index is 13.2. The van der Waals surface area contributed by atoms with E-state index >= 15 is 0 Å². The summed E-state index contributed by atoms with van der Waals surface area (Å²) in [6.07, 6.45) is 1.89.